The molecule has 1 atom stereocenters. The van der Waals surface area contributed by atoms with Gasteiger partial charge in [-0.25, -0.2) is 0 Å². The summed E-state index contributed by atoms with van der Waals surface area (Å²) in [5.41, 5.74) is 6.26. The van der Waals surface area contributed by atoms with Crippen molar-refractivity contribution in [2.24, 2.45) is 17.1 Å². The Hall–Kier alpha value is -3.39. The largest absolute Gasteiger partial charge is 0.507 e. The molecule has 0 aromatic heterocycles. The second kappa shape index (κ2) is 8.34. The monoisotopic (exact) mass is 492 g/mol. The maximum atomic E-state index is 13.4. The number of aromatic hydroxyl groups is 2. The first-order valence-electron chi connectivity index (χ1n) is 12.5. The van der Waals surface area contributed by atoms with Gasteiger partial charge in [0, 0.05) is 28.1 Å². The van der Waals surface area contributed by atoms with Crippen molar-refractivity contribution < 1.29 is 29.3 Å². The van der Waals surface area contributed by atoms with Crippen LogP contribution in [-0.2, 0) is 17.6 Å². The van der Waals surface area contributed by atoms with Crippen LogP contribution in [-0.4, -0.2) is 46.9 Å². The summed E-state index contributed by atoms with van der Waals surface area (Å²) < 4.78 is 5.28. The number of phenolic OH excluding ortho intramolecular Hbond substituents is 2. The first-order chi connectivity index (χ1) is 17.1. The first-order valence-corrected chi connectivity index (χ1v) is 12.5. The Morgan fingerprint density at radius 3 is 2.42 bits per heavy atom. The summed E-state index contributed by atoms with van der Waals surface area (Å²) in [6.45, 7) is 4.73. The summed E-state index contributed by atoms with van der Waals surface area (Å²) in [5, 5.41) is 25.5. The number of nitrogens with one attached hydrogen (secondary N) is 1. The van der Waals surface area contributed by atoms with Crippen molar-refractivity contribution in [1.82, 2.24) is 5.32 Å². The maximum absolute atomic E-state index is 13.4. The van der Waals surface area contributed by atoms with Gasteiger partial charge in [0.1, 0.15) is 17.2 Å². The molecule has 3 aliphatic carbocycles. The number of methoxy groups -OCH3 is 1. The molecule has 190 valence electrons. The van der Waals surface area contributed by atoms with E-state index in [2.05, 4.69) is 12.2 Å². The van der Waals surface area contributed by atoms with Crippen molar-refractivity contribution in [3.8, 4) is 17.2 Å². The van der Waals surface area contributed by atoms with E-state index >= 15 is 0 Å². The maximum Gasteiger partial charge on any atom is 0.223 e. The van der Waals surface area contributed by atoms with E-state index in [1.165, 1.54) is 13.2 Å². The molecule has 2 aromatic rings. The number of phenols is 2. The predicted octanol–water partition coefficient (Wildman–Crippen LogP) is 3.01. The molecule has 1 fully saturated rings. The highest BCUT2D eigenvalue weighted by molar-refractivity contribution is 6.31. The summed E-state index contributed by atoms with van der Waals surface area (Å²) in [6, 6.07) is 4.68. The lowest BCUT2D eigenvalue weighted by Gasteiger charge is -2.55. The fourth-order valence-electron chi connectivity index (χ4n) is 6.66. The Morgan fingerprint density at radius 2 is 1.78 bits per heavy atom. The third-order valence-electron chi connectivity index (χ3n) is 8.53. The number of ketones is 2. The van der Waals surface area contributed by atoms with E-state index in [-0.39, 0.29) is 62.8 Å². The molecule has 1 saturated carbocycles. The van der Waals surface area contributed by atoms with Crippen LogP contribution in [0.25, 0.3) is 0 Å². The Kier molecular flexibility index (Phi) is 5.63. The second-order valence-corrected chi connectivity index (χ2v) is 10.8. The van der Waals surface area contributed by atoms with E-state index in [1.54, 1.807) is 12.1 Å². The number of hydrogen-bond acceptors (Lipinski definition) is 7. The van der Waals surface area contributed by atoms with Crippen LogP contribution in [0.3, 0.4) is 0 Å². The molecule has 36 heavy (non-hydrogen) atoms. The summed E-state index contributed by atoms with van der Waals surface area (Å²) >= 11 is 0. The smallest absolute Gasteiger partial charge is 0.223 e. The van der Waals surface area contributed by atoms with Gasteiger partial charge in [0.15, 0.2) is 5.78 Å². The molecule has 0 saturated heterocycles. The number of rotatable bonds is 5. The fourth-order valence-corrected chi connectivity index (χ4v) is 6.66. The number of benzene rings is 2. The van der Waals surface area contributed by atoms with Crippen molar-refractivity contribution >= 4 is 17.5 Å². The summed E-state index contributed by atoms with van der Waals surface area (Å²) in [4.78, 5) is 40.0. The van der Waals surface area contributed by atoms with E-state index in [9.17, 15) is 24.6 Å². The Bertz CT molecular complexity index is 1300. The van der Waals surface area contributed by atoms with Gasteiger partial charge >= 0.3 is 0 Å². The van der Waals surface area contributed by atoms with E-state index in [0.29, 0.717) is 30.5 Å². The Morgan fingerprint density at radius 1 is 1.11 bits per heavy atom. The predicted molar refractivity (Wildman–Crippen MR) is 133 cm³/mol. The molecule has 5 N–H and O–H groups in total. The standard InChI is InChI=1S/C28H32N2O6/c1-4-28(13-29)11-27(2,12-28)30-26(35)14-8-9-15-17(10-14)24(33)20-21(22(15)31)25(34)19-16(23(20)32)6-5-7-18(19)36-3/h5-7,14,31,33H,4,8-13,29H2,1-3H3,(H,30,35). The van der Waals surface area contributed by atoms with Crippen LogP contribution in [0.5, 0.6) is 17.2 Å². The number of ether oxygens (including phenoxy) is 1. The highest BCUT2D eigenvalue weighted by Crippen LogP contribution is 2.51. The molecule has 8 heteroatoms. The molecule has 0 spiro atoms. The number of nitrogens with two attached hydrogens (primary N) is 1. The fraction of sp³-hybridized carbons (Fsp3) is 0.464. The number of fused-ring (bicyclic) bond motifs is 3. The van der Waals surface area contributed by atoms with Crippen molar-refractivity contribution in [3.05, 3.63) is 51.6 Å². The highest BCUT2D eigenvalue weighted by Gasteiger charge is 2.51. The van der Waals surface area contributed by atoms with E-state index in [4.69, 9.17) is 10.5 Å². The molecule has 2 aromatic carbocycles. The summed E-state index contributed by atoms with van der Waals surface area (Å²) in [6.07, 6.45) is 3.54. The van der Waals surface area contributed by atoms with Crippen molar-refractivity contribution in [2.45, 2.75) is 57.9 Å². The van der Waals surface area contributed by atoms with Gasteiger partial charge < -0.3 is 26.0 Å². The lowest BCUT2D eigenvalue weighted by Crippen LogP contribution is -2.63. The third kappa shape index (κ3) is 3.42. The number of hydrogen-bond donors (Lipinski definition) is 4. The molecule has 0 radical (unpaired) electrons. The average molecular weight is 493 g/mol. The quantitative estimate of drug-likeness (QED) is 0.402. The number of amides is 1. The molecule has 1 amide bonds. The van der Waals surface area contributed by atoms with Gasteiger partial charge in [0.2, 0.25) is 11.7 Å². The van der Waals surface area contributed by atoms with Crippen LogP contribution in [0.15, 0.2) is 18.2 Å². The van der Waals surface area contributed by atoms with Gasteiger partial charge in [-0.05, 0) is 63.5 Å². The van der Waals surface area contributed by atoms with Crippen LogP contribution < -0.4 is 15.8 Å². The minimum atomic E-state index is -0.565. The van der Waals surface area contributed by atoms with Crippen LogP contribution in [0.1, 0.15) is 82.5 Å². The van der Waals surface area contributed by atoms with Gasteiger partial charge in [-0.15, -0.1) is 0 Å². The van der Waals surface area contributed by atoms with Gasteiger partial charge in [-0.2, -0.15) is 0 Å². The topological polar surface area (TPSA) is 139 Å². The zero-order valence-electron chi connectivity index (χ0n) is 20.9. The average Bonchev–Trinajstić information content (AvgIpc) is 2.86. The number of carbonyl (C=O) groups is 3. The van der Waals surface area contributed by atoms with Gasteiger partial charge in [-0.3, -0.25) is 14.4 Å². The molecule has 0 bridgehead atoms. The Labute approximate surface area is 209 Å². The van der Waals surface area contributed by atoms with Crippen molar-refractivity contribution in [2.75, 3.05) is 13.7 Å². The lowest BCUT2D eigenvalue weighted by atomic mass is 9.56. The third-order valence-corrected chi connectivity index (χ3v) is 8.53. The zero-order chi connectivity index (χ0) is 26.0. The molecular weight excluding hydrogens is 460 g/mol. The van der Waals surface area contributed by atoms with Crippen LogP contribution in [0, 0.1) is 11.3 Å². The molecule has 3 aliphatic rings. The second-order valence-electron chi connectivity index (χ2n) is 10.8. The molecule has 8 nitrogen and oxygen atoms in total. The normalized spacial score (nSPS) is 26.4. The van der Waals surface area contributed by atoms with Gasteiger partial charge in [-0.1, -0.05) is 19.1 Å². The first kappa shape index (κ1) is 24.3. The van der Waals surface area contributed by atoms with E-state index in [1.807, 2.05) is 6.92 Å². The van der Waals surface area contributed by atoms with Crippen molar-refractivity contribution in [1.29, 1.82) is 0 Å². The van der Waals surface area contributed by atoms with E-state index in [0.717, 1.165) is 19.3 Å². The van der Waals surface area contributed by atoms with Gasteiger partial charge in [0.05, 0.1) is 23.8 Å². The zero-order valence-corrected chi connectivity index (χ0v) is 20.9. The molecule has 0 aliphatic heterocycles. The molecule has 5 rings (SSSR count). The SMILES string of the molecule is CCC1(CN)CC(C)(NC(=O)C2CCc3c(O)c4c(c(O)c3C2)C(=O)c2cccc(OC)c2C4=O)C1. The van der Waals surface area contributed by atoms with Crippen LogP contribution in [0.4, 0.5) is 0 Å². The highest BCUT2D eigenvalue weighted by atomic mass is 16.5. The number of carbonyl (C=O) groups excluding carboxylic acids is 3. The molecular formula is C28H32N2O6. The van der Waals surface area contributed by atoms with Crippen molar-refractivity contribution in [3.63, 3.8) is 0 Å². The van der Waals surface area contributed by atoms with Gasteiger partial charge in [0.25, 0.3) is 0 Å². The molecule has 1 unspecified atom stereocenters. The minimum Gasteiger partial charge on any atom is -0.507 e. The Balaban J connectivity index is 1.46. The van der Waals surface area contributed by atoms with Crippen LogP contribution in [0.2, 0.25) is 0 Å². The lowest BCUT2D eigenvalue weighted by molar-refractivity contribution is -0.130. The minimum absolute atomic E-state index is 0.0657. The van der Waals surface area contributed by atoms with Crippen LogP contribution >= 0.6 is 0 Å². The van der Waals surface area contributed by atoms with E-state index < -0.39 is 17.5 Å². The summed E-state index contributed by atoms with van der Waals surface area (Å²) in [5.74, 6) is -2.05. The summed E-state index contributed by atoms with van der Waals surface area (Å²) in [7, 11) is 1.40. The molecule has 0 heterocycles.